The van der Waals surface area contributed by atoms with Gasteiger partial charge in [-0.1, -0.05) is 77.8 Å². The van der Waals surface area contributed by atoms with Crippen molar-refractivity contribution in [2.24, 2.45) is 0 Å². The van der Waals surface area contributed by atoms with Crippen molar-refractivity contribution in [1.82, 2.24) is 9.97 Å². The largest absolute Gasteiger partial charge is 0.490 e. The van der Waals surface area contributed by atoms with E-state index in [-0.39, 0.29) is 41.2 Å². The van der Waals surface area contributed by atoms with Crippen LogP contribution in [0.5, 0.6) is 23.1 Å². The molecule has 11 nitrogen and oxygen atoms in total. The zero-order valence-electron chi connectivity index (χ0n) is 32.1. The number of nitrogens with zero attached hydrogens (tertiary/aromatic N) is 2. The Morgan fingerprint density at radius 1 is 0.950 bits per heavy atom. The van der Waals surface area contributed by atoms with Gasteiger partial charge in [0.2, 0.25) is 12.0 Å². The van der Waals surface area contributed by atoms with E-state index < -0.39 is 40.7 Å². The van der Waals surface area contributed by atoms with Gasteiger partial charge in [0.05, 0.1) is 15.3 Å². The molecule has 0 saturated carbocycles. The first kappa shape index (κ1) is 40.7. The molecule has 0 amide bonds. The second kappa shape index (κ2) is 17.3. The van der Waals surface area contributed by atoms with E-state index in [4.69, 9.17) is 34.7 Å². The van der Waals surface area contributed by atoms with Gasteiger partial charge in [-0.25, -0.2) is 19.2 Å². The molecule has 0 unspecified atom stereocenters. The highest BCUT2D eigenvalue weighted by Gasteiger charge is 2.30. The highest BCUT2D eigenvalue weighted by Crippen LogP contribution is 2.49. The van der Waals surface area contributed by atoms with Crippen LogP contribution in [0.25, 0.3) is 31.8 Å². The second-order valence-corrected chi connectivity index (χ2v) is 17.0. The number of benzene rings is 5. The molecule has 5 aromatic carbocycles. The van der Waals surface area contributed by atoms with E-state index in [1.807, 2.05) is 37.3 Å². The van der Waals surface area contributed by atoms with Crippen molar-refractivity contribution in [3.05, 3.63) is 149 Å². The zero-order valence-corrected chi connectivity index (χ0v) is 34.5. The normalized spacial score (nSPS) is 15.4. The quantitative estimate of drug-likeness (QED) is 0.139. The van der Waals surface area contributed by atoms with E-state index in [1.54, 1.807) is 61.5 Å². The minimum absolute atomic E-state index is 0.0123. The number of hydrogen-bond donors (Lipinski definition) is 1. The molecule has 2 aliphatic heterocycles. The lowest BCUT2D eigenvalue weighted by Crippen LogP contribution is -2.31. The van der Waals surface area contributed by atoms with E-state index in [1.165, 1.54) is 41.9 Å². The Bertz CT molecular complexity index is 2800. The lowest BCUT2D eigenvalue weighted by atomic mass is 9.96. The molecular weight excluding hydrogens is 831 g/mol. The summed E-state index contributed by atoms with van der Waals surface area (Å²) in [6, 6.07) is 30.1. The molecule has 0 saturated heterocycles. The average molecular weight is 867 g/mol. The molecule has 15 heteroatoms. The van der Waals surface area contributed by atoms with Gasteiger partial charge in [0.25, 0.3) is 10.1 Å². The van der Waals surface area contributed by atoms with Gasteiger partial charge in [-0.05, 0) is 84.6 Å². The highest BCUT2D eigenvalue weighted by molar-refractivity contribution is 7.86. The lowest BCUT2D eigenvalue weighted by Gasteiger charge is -2.22. The van der Waals surface area contributed by atoms with Gasteiger partial charge >= 0.3 is 5.97 Å². The van der Waals surface area contributed by atoms with E-state index in [0.29, 0.717) is 54.4 Å². The van der Waals surface area contributed by atoms with Crippen LogP contribution in [0.1, 0.15) is 22.3 Å². The van der Waals surface area contributed by atoms with Gasteiger partial charge in [-0.2, -0.15) is 8.42 Å². The smallest absolute Gasteiger partial charge is 0.345 e. The number of carboxylic acids is 1. The predicted molar refractivity (Wildman–Crippen MR) is 225 cm³/mol. The summed E-state index contributed by atoms with van der Waals surface area (Å²) in [4.78, 5) is 23.2. The van der Waals surface area contributed by atoms with Gasteiger partial charge in [0, 0.05) is 22.4 Å². The Morgan fingerprint density at radius 2 is 1.72 bits per heavy atom. The van der Waals surface area contributed by atoms with Gasteiger partial charge in [0.15, 0.2) is 6.10 Å². The average Bonchev–Trinajstić information content (AvgIpc) is 3.63. The van der Waals surface area contributed by atoms with Crippen molar-refractivity contribution in [3.63, 3.8) is 0 Å². The van der Waals surface area contributed by atoms with Crippen LogP contribution in [0.3, 0.4) is 0 Å². The fourth-order valence-electron chi connectivity index (χ4n) is 6.70. The second-order valence-electron chi connectivity index (χ2n) is 14.0. The highest BCUT2D eigenvalue weighted by atomic mass is 35.5. The summed E-state index contributed by atoms with van der Waals surface area (Å²) in [6.45, 7) is 3.18. The van der Waals surface area contributed by atoms with Crippen molar-refractivity contribution in [3.8, 4) is 44.7 Å². The lowest BCUT2D eigenvalue weighted by molar-refractivity contribution is -0.145. The van der Waals surface area contributed by atoms with Crippen LogP contribution in [0.4, 0.5) is 4.39 Å². The number of carbonyl (C=O) groups is 1. The first-order valence-electron chi connectivity index (χ1n) is 18.7. The van der Waals surface area contributed by atoms with Crippen LogP contribution in [-0.4, -0.2) is 54.9 Å². The molecule has 4 heterocycles. The van der Waals surface area contributed by atoms with E-state index in [9.17, 15) is 22.7 Å². The Labute approximate surface area is 354 Å². The minimum Gasteiger partial charge on any atom is -0.490 e. The van der Waals surface area contributed by atoms with Crippen molar-refractivity contribution in [1.29, 1.82) is 0 Å². The van der Waals surface area contributed by atoms with Crippen LogP contribution in [-0.2, 0) is 32.1 Å². The van der Waals surface area contributed by atoms with Gasteiger partial charge < -0.3 is 24.1 Å². The third-order valence-electron chi connectivity index (χ3n) is 9.83. The molecule has 7 aromatic rings. The molecule has 0 fully saturated rings. The van der Waals surface area contributed by atoms with Crippen LogP contribution in [0, 0.1) is 19.7 Å². The summed E-state index contributed by atoms with van der Waals surface area (Å²) in [5.41, 5.74) is 4.65. The van der Waals surface area contributed by atoms with Crippen LogP contribution >= 0.6 is 22.9 Å². The summed E-state index contributed by atoms with van der Waals surface area (Å²) in [5, 5.41) is 11.3. The number of rotatable bonds is 9. The molecular formula is C45H36ClFN2O9S2. The Hall–Kier alpha value is -6.06. The molecule has 1 N–H and O–H groups in total. The number of thiophene rings is 1. The van der Waals surface area contributed by atoms with Crippen molar-refractivity contribution in [2.75, 3.05) is 13.2 Å². The third-order valence-corrected chi connectivity index (χ3v) is 12.7. The minimum atomic E-state index is -4.20. The molecule has 2 aliphatic rings. The number of fused-ring (bicyclic) bond motifs is 7. The maximum absolute atomic E-state index is 14.2. The Balaban J connectivity index is 1.26. The van der Waals surface area contributed by atoms with Crippen LogP contribution < -0.4 is 18.9 Å². The number of halogens is 2. The number of ether oxygens (including phenoxy) is 4. The van der Waals surface area contributed by atoms with Gasteiger partial charge in [0.1, 0.15) is 54.0 Å². The Morgan fingerprint density at radius 3 is 2.47 bits per heavy atom. The summed E-state index contributed by atoms with van der Waals surface area (Å²) in [7, 11) is -4.20. The zero-order chi connectivity index (χ0) is 42.0. The summed E-state index contributed by atoms with van der Waals surface area (Å²) >= 11 is 8.39. The molecule has 0 aliphatic carbocycles. The summed E-state index contributed by atoms with van der Waals surface area (Å²) in [6.07, 6.45) is -1.37. The number of aromatic nitrogens is 2. The monoisotopic (exact) mass is 866 g/mol. The Kier molecular flexibility index (Phi) is 11.7. The van der Waals surface area contributed by atoms with Gasteiger partial charge in [-0.15, -0.1) is 11.3 Å². The fourth-order valence-corrected chi connectivity index (χ4v) is 9.00. The molecule has 2 aromatic heterocycles. The maximum atomic E-state index is 14.2. The van der Waals surface area contributed by atoms with Crippen molar-refractivity contribution < 1.29 is 45.8 Å². The first-order valence-corrected chi connectivity index (χ1v) is 21.3. The topological polar surface area (TPSA) is 143 Å². The first-order chi connectivity index (χ1) is 28.9. The fraction of sp³-hybridized carbons (Fsp3) is 0.178. The van der Waals surface area contributed by atoms with E-state index in [2.05, 4.69) is 9.97 Å². The van der Waals surface area contributed by atoms with Crippen molar-refractivity contribution in [2.45, 2.75) is 44.0 Å². The molecule has 0 spiro atoms. The number of hydrogen-bond acceptors (Lipinski definition) is 11. The maximum Gasteiger partial charge on any atom is 0.345 e. The third kappa shape index (κ3) is 8.77. The van der Waals surface area contributed by atoms with Crippen molar-refractivity contribution >= 4 is 49.2 Å². The number of aliphatic carboxylic acids is 1. The molecule has 0 radical (unpaired) electrons. The molecule has 2 atom stereocenters. The van der Waals surface area contributed by atoms with E-state index in [0.717, 1.165) is 11.1 Å². The van der Waals surface area contributed by atoms with Crippen LogP contribution in [0.15, 0.2) is 120 Å². The van der Waals surface area contributed by atoms with Crippen LogP contribution in [0.2, 0.25) is 5.02 Å². The standard InChI is InChI=1S/C45H36ClFN2O9S2/c1-26-8-15-34(16-9-26)60(52,53)56-24-33-23-54-32-14-18-36(55-22-28-6-4-3-5-7-28)30(20-32)21-38(45(50)51)58-43-40-39(35-17-19-37(57-33)41(46)27(35)2)42(59-44(40)49-25-48-43)29-10-12-31(47)13-11-29/h3-20,25,33,38H,21-24H2,1-2H3,(H,50,51)/t33-,38-/m1/s1. The number of carboxylic acid groups (broad SMARTS) is 1. The van der Waals surface area contributed by atoms with E-state index >= 15 is 0 Å². The number of aryl methyl sites for hydroxylation is 1. The molecule has 4 bridgehead atoms. The molecule has 306 valence electrons. The summed E-state index contributed by atoms with van der Waals surface area (Å²) in [5.74, 6) is -0.747. The van der Waals surface area contributed by atoms with Gasteiger partial charge in [-0.3, -0.25) is 4.18 Å². The molecule has 60 heavy (non-hydrogen) atoms. The predicted octanol–water partition coefficient (Wildman–Crippen LogP) is 9.63. The molecule has 9 rings (SSSR count). The SMILES string of the molecule is Cc1ccc(S(=O)(=O)OC[C@H]2COc3ccc(OCc4ccccc4)c(c3)C[C@H](C(=O)O)Oc3ncnc4sc(-c5ccc(F)cc5)c(c34)-c3ccc(c(Cl)c3C)O2)cc1. The summed E-state index contributed by atoms with van der Waals surface area (Å²) < 4.78 is 71.5.